The Kier molecular flexibility index (Phi) is 5.53. The van der Waals surface area contributed by atoms with E-state index in [2.05, 4.69) is 15.5 Å². The highest BCUT2D eigenvalue weighted by molar-refractivity contribution is 6.30. The normalized spacial score (nSPS) is 12.0. The molecule has 8 heteroatoms. The van der Waals surface area contributed by atoms with Crippen molar-refractivity contribution in [3.8, 4) is 11.3 Å². The summed E-state index contributed by atoms with van der Waals surface area (Å²) in [5.41, 5.74) is 0.687. The fourth-order valence-corrected chi connectivity index (χ4v) is 3.00. The number of H-pyrrole nitrogens is 1. The van der Waals surface area contributed by atoms with E-state index < -0.39 is 23.6 Å². The lowest BCUT2D eigenvalue weighted by atomic mass is 10.0. The number of aromatic amines is 1. The molecule has 27 heavy (non-hydrogen) atoms. The minimum absolute atomic E-state index is 0.0306. The van der Waals surface area contributed by atoms with Gasteiger partial charge < -0.3 is 10.4 Å². The van der Waals surface area contributed by atoms with E-state index >= 15 is 0 Å². The van der Waals surface area contributed by atoms with Gasteiger partial charge in [-0.2, -0.15) is 5.10 Å². The summed E-state index contributed by atoms with van der Waals surface area (Å²) in [7, 11) is 0. The van der Waals surface area contributed by atoms with Crippen LogP contribution in [0.3, 0.4) is 0 Å². The number of carbonyl (C=O) groups is 1. The van der Waals surface area contributed by atoms with Crippen LogP contribution in [0.2, 0.25) is 5.02 Å². The van der Waals surface area contributed by atoms with Crippen molar-refractivity contribution in [2.75, 3.05) is 6.61 Å². The van der Waals surface area contributed by atoms with Gasteiger partial charge in [0.2, 0.25) is 0 Å². The highest BCUT2D eigenvalue weighted by Crippen LogP contribution is 2.29. The molecule has 140 valence electrons. The van der Waals surface area contributed by atoms with Crippen molar-refractivity contribution < 1.29 is 18.7 Å². The van der Waals surface area contributed by atoms with Gasteiger partial charge in [-0.3, -0.25) is 9.89 Å². The number of aromatic nitrogens is 2. The smallest absolute Gasteiger partial charge is 0.255 e. The molecule has 0 radical (unpaired) electrons. The summed E-state index contributed by atoms with van der Waals surface area (Å²) in [4.78, 5) is 12.7. The van der Waals surface area contributed by atoms with Crippen LogP contribution in [0, 0.1) is 18.6 Å². The largest absolute Gasteiger partial charge is 0.394 e. The fourth-order valence-electron chi connectivity index (χ4n) is 2.80. The quantitative estimate of drug-likeness (QED) is 0.619. The van der Waals surface area contributed by atoms with Crippen molar-refractivity contribution >= 4 is 17.5 Å². The second kappa shape index (κ2) is 7.85. The molecule has 1 aromatic heterocycles. The molecule has 0 saturated heterocycles. The third-order valence-corrected chi connectivity index (χ3v) is 4.46. The number of rotatable bonds is 5. The Labute approximate surface area is 159 Å². The van der Waals surface area contributed by atoms with Crippen LogP contribution in [0.25, 0.3) is 11.3 Å². The van der Waals surface area contributed by atoms with E-state index in [-0.39, 0.29) is 29.0 Å². The number of nitrogens with zero attached hydrogens (tertiary/aromatic N) is 1. The average Bonchev–Trinajstić information content (AvgIpc) is 3.12. The maximum Gasteiger partial charge on any atom is 0.255 e. The number of hydrogen-bond acceptors (Lipinski definition) is 3. The predicted molar refractivity (Wildman–Crippen MR) is 97.4 cm³/mol. The average molecular weight is 392 g/mol. The number of nitrogens with one attached hydrogen (secondary N) is 2. The molecule has 2 aromatic carbocycles. The van der Waals surface area contributed by atoms with E-state index in [1.165, 1.54) is 13.1 Å². The molecule has 5 nitrogen and oxygen atoms in total. The number of benzene rings is 2. The number of hydrogen-bond donors (Lipinski definition) is 3. The molecule has 3 aromatic rings. The second-order valence-electron chi connectivity index (χ2n) is 5.95. The van der Waals surface area contributed by atoms with Crippen molar-refractivity contribution in [2.24, 2.45) is 0 Å². The molecular formula is C19H16ClF2N3O2. The molecule has 0 aliphatic carbocycles. The number of aliphatic hydroxyl groups excluding tert-OH is 1. The molecule has 1 heterocycles. The van der Waals surface area contributed by atoms with Gasteiger partial charge in [0.25, 0.3) is 5.91 Å². The molecule has 0 spiro atoms. The Bertz CT molecular complexity index is 991. The molecule has 0 saturated carbocycles. The number of aliphatic hydroxyl groups is 1. The molecule has 3 N–H and O–H groups in total. The van der Waals surface area contributed by atoms with Gasteiger partial charge in [0.05, 0.1) is 30.1 Å². The van der Waals surface area contributed by atoms with E-state index in [1.807, 2.05) is 0 Å². The molecule has 0 aliphatic rings. The van der Waals surface area contributed by atoms with E-state index in [0.29, 0.717) is 10.6 Å². The zero-order valence-corrected chi connectivity index (χ0v) is 15.0. The minimum Gasteiger partial charge on any atom is -0.394 e. The maximum absolute atomic E-state index is 14.3. The molecule has 0 bridgehead atoms. The van der Waals surface area contributed by atoms with Crippen LogP contribution in [-0.4, -0.2) is 27.8 Å². The van der Waals surface area contributed by atoms with Crippen molar-refractivity contribution in [1.29, 1.82) is 0 Å². The highest BCUT2D eigenvalue weighted by atomic mass is 35.5. The summed E-state index contributed by atoms with van der Waals surface area (Å²) in [5, 5.41) is 19.1. The Morgan fingerprint density at radius 1 is 1.30 bits per heavy atom. The first-order chi connectivity index (χ1) is 12.9. The van der Waals surface area contributed by atoms with Gasteiger partial charge in [-0.15, -0.1) is 0 Å². The first kappa shape index (κ1) is 19.0. The zero-order valence-electron chi connectivity index (χ0n) is 14.3. The van der Waals surface area contributed by atoms with Crippen LogP contribution in [0.1, 0.15) is 27.5 Å². The van der Waals surface area contributed by atoms with Crippen LogP contribution >= 0.6 is 11.6 Å². The van der Waals surface area contributed by atoms with Crippen LogP contribution in [-0.2, 0) is 0 Å². The summed E-state index contributed by atoms with van der Waals surface area (Å²) in [5.74, 6) is -1.87. The standard InChI is InChI=1S/C19H16ClF2N3O2/c1-10-14(21)5-6-15(22)17(10)18-13(8-23-25-18)19(27)24-16(9-26)11-3-2-4-12(20)7-11/h2-8,16,26H,9H2,1H3,(H,23,25)(H,24,27)/t16-/m0/s1. The lowest BCUT2D eigenvalue weighted by Gasteiger charge is -2.17. The summed E-state index contributed by atoms with van der Waals surface area (Å²) < 4.78 is 28.1. The monoisotopic (exact) mass is 391 g/mol. The molecule has 1 atom stereocenters. The molecular weight excluding hydrogens is 376 g/mol. The molecule has 1 amide bonds. The Morgan fingerprint density at radius 3 is 2.74 bits per heavy atom. The van der Waals surface area contributed by atoms with Crippen LogP contribution in [0.5, 0.6) is 0 Å². The van der Waals surface area contributed by atoms with E-state index in [9.17, 15) is 18.7 Å². The van der Waals surface area contributed by atoms with Gasteiger partial charge in [0.15, 0.2) is 0 Å². The summed E-state index contributed by atoms with van der Waals surface area (Å²) in [6.07, 6.45) is 1.22. The van der Waals surface area contributed by atoms with E-state index in [0.717, 1.165) is 12.1 Å². The number of amides is 1. The van der Waals surface area contributed by atoms with Gasteiger partial charge in [-0.25, -0.2) is 8.78 Å². The first-order valence-electron chi connectivity index (χ1n) is 8.08. The third-order valence-electron chi connectivity index (χ3n) is 4.22. The SMILES string of the molecule is Cc1c(F)ccc(F)c1-c1[nH]ncc1C(=O)N[C@@H](CO)c1cccc(Cl)c1. The molecule has 0 unspecified atom stereocenters. The second-order valence-corrected chi connectivity index (χ2v) is 6.39. The third kappa shape index (κ3) is 3.84. The maximum atomic E-state index is 14.3. The predicted octanol–water partition coefficient (Wildman–Crippen LogP) is 3.78. The van der Waals surface area contributed by atoms with Crippen molar-refractivity contribution in [1.82, 2.24) is 15.5 Å². The summed E-state index contributed by atoms with van der Waals surface area (Å²) in [6.45, 7) is 1.05. The van der Waals surface area contributed by atoms with Crippen molar-refractivity contribution in [3.63, 3.8) is 0 Å². The van der Waals surface area contributed by atoms with E-state index in [1.54, 1.807) is 24.3 Å². The lowest BCUT2D eigenvalue weighted by Crippen LogP contribution is -2.31. The summed E-state index contributed by atoms with van der Waals surface area (Å²) in [6, 6.07) is 7.98. The molecule has 0 fully saturated rings. The Morgan fingerprint density at radius 2 is 2.04 bits per heavy atom. The number of halogens is 3. The topological polar surface area (TPSA) is 78.0 Å². The van der Waals surface area contributed by atoms with Gasteiger partial charge in [-0.05, 0) is 42.3 Å². The minimum atomic E-state index is -0.725. The Balaban J connectivity index is 1.94. The molecule has 0 aliphatic heterocycles. The fraction of sp³-hybridized carbons (Fsp3) is 0.158. The van der Waals surface area contributed by atoms with E-state index in [4.69, 9.17) is 11.6 Å². The summed E-state index contributed by atoms with van der Waals surface area (Å²) >= 11 is 5.95. The van der Waals surface area contributed by atoms with Gasteiger partial charge in [-0.1, -0.05) is 23.7 Å². The van der Waals surface area contributed by atoms with Gasteiger partial charge in [0, 0.05) is 10.6 Å². The van der Waals surface area contributed by atoms with Crippen molar-refractivity contribution in [2.45, 2.75) is 13.0 Å². The van der Waals surface area contributed by atoms with Crippen LogP contribution in [0.15, 0.2) is 42.6 Å². The van der Waals surface area contributed by atoms with Crippen LogP contribution < -0.4 is 5.32 Å². The zero-order chi connectivity index (χ0) is 19.6. The Hall–Kier alpha value is -2.77. The lowest BCUT2D eigenvalue weighted by molar-refractivity contribution is 0.0917. The van der Waals surface area contributed by atoms with Gasteiger partial charge >= 0.3 is 0 Å². The highest BCUT2D eigenvalue weighted by Gasteiger charge is 2.23. The van der Waals surface area contributed by atoms with Crippen LogP contribution in [0.4, 0.5) is 8.78 Å². The molecule has 3 rings (SSSR count). The first-order valence-corrected chi connectivity index (χ1v) is 8.45. The van der Waals surface area contributed by atoms with Gasteiger partial charge in [0.1, 0.15) is 11.6 Å². The van der Waals surface area contributed by atoms with Crippen molar-refractivity contribution in [3.05, 3.63) is 75.9 Å². The number of carbonyl (C=O) groups excluding carboxylic acids is 1.